The number of aromatic nitrogens is 2. The third-order valence-electron chi connectivity index (χ3n) is 2.29. The molecular weight excluding hydrogens is 242 g/mol. The van der Waals surface area contributed by atoms with E-state index in [0.29, 0.717) is 16.4 Å². The Morgan fingerprint density at radius 1 is 1.29 bits per heavy atom. The third-order valence-corrected chi connectivity index (χ3v) is 2.47. The molecule has 0 spiro atoms. The smallest absolute Gasteiger partial charge is 0.258 e. The van der Waals surface area contributed by atoms with Crippen molar-refractivity contribution in [3.8, 4) is 11.3 Å². The third kappa shape index (κ3) is 2.39. The van der Waals surface area contributed by atoms with E-state index < -0.39 is 4.92 Å². The summed E-state index contributed by atoms with van der Waals surface area (Å²) < 4.78 is 0. The summed E-state index contributed by atoms with van der Waals surface area (Å²) in [5, 5.41) is 18.7. The predicted octanol–water partition coefficient (Wildman–Crippen LogP) is 3.01. The SMILES string of the molecule is Cc1cc(Cl)nnc1-c1cccc([N+](=O)[O-])c1. The molecular formula is C11H8ClN3O2. The van der Waals surface area contributed by atoms with Crippen LogP contribution in [0.25, 0.3) is 11.3 Å². The Balaban J connectivity index is 2.53. The van der Waals surface area contributed by atoms with Crippen LogP contribution < -0.4 is 0 Å². The summed E-state index contributed by atoms with van der Waals surface area (Å²) in [6, 6.07) is 7.93. The number of aryl methyl sites for hydroxylation is 1. The maximum Gasteiger partial charge on any atom is 0.270 e. The van der Waals surface area contributed by atoms with Gasteiger partial charge in [0.25, 0.3) is 5.69 Å². The van der Waals surface area contributed by atoms with Crippen molar-refractivity contribution in [3.05, 3.63) is 51.2 Å². The van der Waals surface area contributed by atoms with E-state index in [1.807, 2.05) is 6.92 Å². The van der Waals surface area contributed by atoms with E-state index in [-0.39, 0.29) is 5.69 Å². The number of benzene rings is 1. The lowest BCUT2D eigenvalue weighted by atomic mass is 10.1. The maximum atomic E-state index is 10.7. The highest BCUT2D eigenvalue weighted by Crippen LogP contribution is 2.25. The van der Waals surface area contributed by atoms with E-state index in [0.717, 1.165) is 5.56 Å². The first-order valence-electron chi connectivity index (χ1n) is 4.82. The van der Waals surface area contributed by atoms with Crippen molar-refractivity contribution >= 4 is 17.3 Å². The summed E-state index contributed by atoms with van der Waals surface area (Å²) in [4.78, 5) is 10.2. The van der Waals surface area contributed by atoms with Crippen LogP contribution in [0.1, 0.15) is 5.56 Å². The summed E-state index contributed by atoms with van der Waals surface area (Å²) in [6.45, 7) is 1.83. The molecule has 2 aromatic rings. The standard InChI is InChI=1S/C11H8ClN3O2/c1-7-5-10(12)13-14-11(7)8-3-2-4-9(6-8)15(16)17/h2-6H,1H3. The van der Waals surface area contributed by atoms with Crippen LogP contribution in [0.15, 0.2) is 30.3 Å². The highest BCUT2D eigenvalue weighted by molar-refractivity contribution is 6.29. The second-order valence-corrected chi connectivity index (χ2v) is 3.89. The van der Waals surface area contributed by atoms with E-state index in [2.05, 4.69) is 10.2 Å². The van der Waals surface area contributed by atoms with Gasteiger partial charge in [-0.1, -0.05) is 23.7 Å². The molecule has 0 saturated carbocycles. The monoisotopic (exact) mass is 249 g/mol. The van der Waals surface area contributed by atoms with E-state index in [1.54, 1.807) is 18.2 Å². The number of nitro groups is 1. The molecule has 1 aromatic heterocycles. The summed E-state index contributed by atoms with van der Waals surface area (Å²) in [7, 11) is 0. The van der Waals surface area contributed by atoms with Crippen LogP contribution in [0.3, 0.4) is 0 Å². The van der Waals surface area contributed by atoms with Gasteiger partial charge >= 0.3 is 0 Å². The first-order valence-corrected chi connectivity index (χ1v) is 5.20. The Hall–Kier alpha value is -2.01. The molecule has 86 valence electrons. The zero-order valence-electron chi connectivity index (χ0n) is 8.92. The molecule has 0 atom stereocenters. The van der Waals surface area contributed by atoms with Gasteiger partial charge < -0.3 is 0 Å². The van der Waals surface area contributed by atoms with Crippen molar-refractivity contribution < 1.29 is 4.92 Å². The minimum Gasteiger partial charge on any atom is -0.258 e. The fourth-order valence-electron chi connectivity index (χ4n) is 1.50. The van der Waals surface area contributed by atoms with Crippen LogP contribution >= 0.6 is 11.6 Å². The molecule has 0 radical (unpaired) electrons. The minimum atomic E-state index is -0.442. The second-order valence-electron chi connectivity index (χ2n) is 3.51. The zero-order chi connectivity index (χ0) is 12.4. The lowest BCUT2D eigenvalue weighted by molar-refractivity contribution is -0.384. The molecule has 0 aliphatic rings. The van der Waals surface area contributed by atoms with Crippen molar-refractivity contribution in [2.75, 3.05) is 0 Å². The molecule has 0 N–H and O–H groups in total. The number of hydrogen-bond donors (Lipinski definition) is 0. The Morgan fingerprint density at radius 3 is 2.71 bits per heavy atom. The normalized spacial score (nSPS) is 10.2. The quantitative estimate of drug-likeness (QED) is 0.606. The van der Waals surface area contributed by atoms with Crippen molar-refractivity contribution in [1.82, 2.24) is 10.2 Å². The molecule has 17 heavy (non-hydrogen) atoms. The molecule has 0 unspecified atom stereocenters. The molecule has 5 nitrogen and oxygen atoms in total. The molecule has 0 aliphatic carbocycles. The van der Waals surface area contributed by atoms with E-state index in [4.69, 9.17) is 11.6 Å². The van der Waals surface area contributed by atoms with Gasteiger partial charge in [0.05, 0.1) is 10.6 Å². The summed E-state index contributed by atoms with van der Waals surface area (Å²) >= 11 is 5.70. The van der Waals surface area contributed by atoms with Gasteiger partial charge in [-0.05, 0) is 18.6 Å². The summed E-state index contributed by atoms with van der Waals surface area (Å²) in [5.74, 6) is 0. The predicted molar refractivity (Wildman–Crippen MR) is 63.9 cm³/mol. The highest BCUT2D eigenvalue weighted by atomic mass is 35.5. The van der Waals surface area contributed by atoms with Gasteiger partial charge in [-0.2, -0.15) is 0 Å². The van der Waals surface area contributed by atoms with Gasteiger partial charge in [-0.15, -0.1) is 10.2 Å². The van der Waals surface area contributed by atoms with Gasteiger partial charge in [0.15, 0.2) is 5.15 Å². The van der Waals surface area contributed by atoms with Crippen LogP contribution in [-0.2, 0) is 0 Å². The second kappa shape index (κ2) is 4.47. The van der Waals surface area contributed by atoms with Crippen molar-refractivity contribution in [3.63, 3.8) is 0 Å². The molecule has 1 heterocycles. The molecule has 0 fully saturated rings. The van der Waals surface area contributed by atoms with Crippen molar-refractivity contribution in [2.24, 2.45) is 0 Å². The van der Waals surface area contributed by atoms with E-state index in [1.165, 1.54) is 12.1 Å². The summed E-state index contributed by atoms with van der Waals surface area (Å²) in [6.07, 6.45) is 0. The number of rotatable bonds is 2. The molecule has 0 amide bonds. The maximum absolute atomic E-state index is 10.7. The Bertz CT molecular complexity index is 587. The number of nitrogens with zero attached hydrogens (tertiary/aromatic N) is 3. The molecule has 0 bridgehead atoms. The van der Waals surface area contributed by atoms with E-state index >= 15 is 0 Å². The lowest BCUT2D eigenvalue weighted by Crippen LogP contribution is -1.93. The average molecular weight is 250 g/mol. The number of non-ortho nitro benzene ring substituents is 1. The van der Waals surface area contributed by atoms with Crippen LogP contribution in [0.4, 0.5) is 5.69 Å². The van der Waals surface area contributed by atoms with Gasteiger partial charge in [-0.25, -0.2) is 0 Å². The number of hydrogen-bond acceptors (Lipinski definition) is 4. The molecule has 2 rings (SSSR count). The van der Waals surface area contributed by atoms with Crippen LogP contribution in [0.2, 0.25) is 5.15 Å². The van der Waals surface area contributed by atoms with Gasteiger partial charge in [0.1, 0.15) is 0 Å². The van der Waals surface area contributed by atoms with E-state index in [9.17, 15) is 10.1 Å². The first-order chi connectivity index (χ1) is 8.08. The van der Waals surface area contributed by atoms with Gasteiger partial charge in [-0.3, -0.25) is 10.1 Å². The van der Waals surface area contributed by atoms with Crippen molar-refractivity contribution in [2.45, 2.75) is 6.92 Å². The van der Waals surface area contributed by atoms with Gasteiger partial charge in [0, 0.05) is 17.7 Å². The highest BCUT2D eigenvalue weighted by Gasteiger charge is 2.10. The van der Waals surface area contributed by atoms with Crippen LogP contribution in [0, 0.1) is 17.0 Å². The largest absolute Gasteiger partial charge is 0.270 e. The topological polar surface area (TPSA) is 68.9 Å². The number of nitro benzene ring substituents is 1. The minimum absolute atomic E-state index is 0.0265. The fourth-order valence-corrected chi connectivity index (χ4v) is 1.71. The molecule has 6 heteroatoms. The average Bonchev–Trinajstić information content (AvgIpc) is 2.29. The zero-order valence-corrected chi connectivity index (χ0v) is 9.68. The Labute approximate surface area is 102 Å². The van der Waals surface area contributed by atoms with Crippen LogP contribution in [-0.4, -0.2) is 15.1 Å². The Kier molecular flexibility index (Phi) is 3.01. The molecule has 1 aromatic carbocycles. The van der Waals surface area contributed by atoms with Crippen LogP contribution in [0.5, 0.6) is 0 Å². The number of halogens is 1. The van der Waals surface area contributed by atoms with Crippen molar-refractivity contribution in [1.29, 1.82) is 0 Å². The molecule has 0 saturated heterocycles. The summed E-state index contributed by atoms with van der Waals surface area (Å²) in [5.41, 5.74) is 2.10. The fraction of sp³-hybridized carbons (Fsp3) is 0.0909. The molecule has 0 aliphatic heterocycles. The lowest BCUT2D eigenvalue weighted by Gasteiger charge is -2.03. The first kappa shape index (κ1) is 11.5. The van der Waals surface area contributed by atoms with Gasteiger partial charge in [0.2, 0.25) is 0 Å². The Morgan fingerprint density at radius 2 is 2.06 bits per heavy atom.